The molecule has 1 fully saturated rings. The highest BCUT2D eigenvalue weighted by molar-refractivity contribution is 7.13. The number of hydrogen-bond acceptors (Lipinski definition) is 4. The van der Waals surface area contributed by atoms with E-state index < -0.39 is 0 Å². The molecule has 1 saturated heterocycles. The van der Waals surface area contributed by atoms with Crippen LogP contribution in [0.25, 0.3) is 0 Å². The lowest BCUT2D eigenvalue weighted by Gasteiger charge is -2.31. The van der Waals surface area contributed by atoms with Gasteiger partial charge < -0.3 is 10.2 Å². The summed E-state index contributed by atoms with van der Waals surface area (Å²) in [7, 11) is 0. The predicted molar refractivity (Wildman–Crippen MR) is 103 cm³/mol. The van der Waals surface area contributed by atoms with E-state index in [2.05, 4.69) is 24.1 Å². The van der Waals surface area contributed by atoms with Gasteiger partial charge in [-0.25, -0.2) is 4.98 Å². The van der Waals surface area contributed by atoms with Gasteiger partial charge in [0.1, 0.15) is 4.88 Å². The quantitative estimate of drug-likeness (QED) is 0.816. The van der Waals surface area contributed by atoms with E-state index in [1.54, 1.807) is 11.3 Å². The van der Waals surface area contributed by atoms with Gasteiger partial charge in [-0.2, -0.15) is 0 Å². The first kappa shape index (κ1) is 22.6. The number of likely N-dealkylation sites (tertiary alicyclic amines) is 1. The lowest BCUT2D eigenvalue weighted by Crippen LogP contribution is -2.40. The molecule has 7 heteroatoms. The Morgan fingerprint density at radius 2 is 1.96 bits per heavy atom. The lowest BCUT2D eigenvalue weighted by molar-refractivity contribution is 0.0694. The molecule has 23 heavy (non-hydrogen) atoms. The van der Waals surface area contributed by atoms with Gasteiger partial charge in [-0.05, 0) is 51.6 Å². The van der Waals surface area contributed by atoms with Crippen LogP contribution in [0.2, 0.25) is 0 Å². The van der Waals surface area contributed by atoms with Crippen molar-refractivity contribution in [3.8, 4) is 0 Å². The molecule has 1 aromatic rings. The second kappa shape index (κ2) is 11.2. The molecule has 1 N–H and O–H groups in total. The molecule has 0 radical (unpaired) electrons. The molecule has 0 atom stereocenters. The van der Waals surface area contributed by atoms with E-state index >= 15 is 0 Å². The smallest absolute Gasteiger partial charge is 0.265 e. The van der Waals surface area contributed by atoms with Crippen molar-refractivity contribution in [2.24, 2.45) is 5.92 Å². The minimum atomic E-state index is 0. The van der Waals surface area contributed by atoms with Gasteiger partial charge in [0.2, 0.25) is 0 Å². The Morgan fingerprint density at radius 1 is 1.30 bits per heavy atom. The van der Waals surface area contributed by atoms with E-state index in [4.69, 9.17) is 0 Å². The van der Waals surface area contributed by atoms with Crippen LogP contribution in [-0.4, -0.2) is 42.0 Å². The molecule has 2 heterocycles. The summed E-state index contributed by atoms with van der Waals surface area (Å²) in [6.07, 6.45) is 4.27. The molecule has 1 aliphatic heterocycles. The highest BCUT2D eigenvalue weighted by Crippen LogP contribution is 2.24. The molecule has 0 bridgehead atoms. The van der Waals surface area contributed by atoms with Crippen LogP contribution in [0.4, 0.5) is 0 Å². The number of aromatic nitrogens is 1. The zero-order valence-corrected chi connectivity index (χ0v) is 16.7. The second-order valence-electron chi connectivity index (χ2n) is 5.82. The number of aryl methyl sites for hydroxylation is 2. The average molecular weight is 382 g/mol. The number of thiazole rings is 1. The number of nitrogens with zero attached hydrogens (tertiary/aromatic N) is 2. The number of piperidine rings is 1. The van der Waals surface area contributed by atoms with Crippen molar-refractivity contribution in [1.29, 1.82) is 0 Å². The fourth-order valence-corrected chi connectivity index (χ4v) is 3.94. The topological polar surface area (TPSA) is 45.2 Å². The van der Waals surface area contributed by atoms with Crippen molar-refractivity contribution in [3.63, 3.8) is 0 Å². The Hall–Kier alpha value is -0.360. The molecule has 0 spiro atoms. The van der Waals surface area contributed by atoms with Crippen molar-refractivity contribution < 1.29 is 4.79 Å². The van der Waals surface area contributed by atoms with Crippen LogP contribution in [0.3, 0.4) is 0 Å². The van der Waals surface area contributed by atoms with Crippen molar-refractivity contribution in [1.82, 2.24) is 15.2 Å². The predicted octanol–water partition coefficient (Wildman–Crippen LogP) is 3.71. The minimum absolute atomic E-state index is 0. The Labute approximate surface area is 156 Å². The number of rotatable bonds is 6. The Morgan fingerprint density at radius 3 is 2.52 bits per heavy atom. The molecule has 0 aliphatic carbocycles. The Kier molecular flexibility index (Phi) is 11.1. The minimum Gasteiger partial charge on any atom is -0.338 e. The summed E-state index contributed by atoms with van der Waals surface area (Å²) < 4.78 is 0. The largest absolute Gasteiger partial charge is 0.338 e. The normalized spacial score (nSPS) is 15.0. The van der Waals surface area contributed by atoms with Crippen LogP contribution >= 0.6 is 36.2 Å². The number of carbonyl (C=O) groups excluding carboxylic acids is 1. The summed E-state index contributed by atoms with van der Waals surface area (Å²) in [5.41, 5.74) is 0.906. The summed E-state index contributed by atoms with van der Waals surface area (Å²) in [6, 6.07) is 0. The standard InChI is InChI=1S/C16H27N3OS.2ClH/c1-4-6-14-18-12(3)15(21-14)16(20)19-9-7-13(8-10-19)11-17-5-2;;/h13,17H,4-11H2,1-3H3;2*1H. The zero-order valence-electron chi connectivity index (χ0n) is 14.3. The maximum absolute atomic E-state index is 12.6. The second-order valence-corrected chi connectivity index (χ2v) is 6.90. The molecule has 134 valence electrons. The van der Waals surface area contributed by atoms with Gasteiger partial charge in [0.15, 0.2) is 0 Å². The van der Waals surface area contributed by atoms with Crippen LogP contribution in [0.1, 0.15) is 53.5 Å². The highest BCUT2D eigenvalue weighted by atomic mass is 35.5. The maximum atomic E-state index is 12.6. The summed E-state index contributed by atoms with van der Waals surface area (Å²) in [6.45, 7) is 10.1. The van der Waals surface area contributed by atoms with Gasteiger partial charge in [0, 0.05) is 13.1 Å². The fourth-order valence-electron chi connectivity index (χ4n) is 2.80. The van der Waals surface area contributed by atoms with Crippen LogP contribution in [0.15, 0.2) is 0 Å². The lowest BCUT2D eigenvalue weighted by atomic mass is 9.96. The van der Waals surface area contributed by atoms with Crippen molar-refractivity contribution in [2.45, 2.75) is 46.5 Å². The molecule has 1 aliphatic rings. The Bertz CT molecular complexity index is 474. The van der Waals surface area contributed by atoms with E-state index in [-0.39, 0.29) is 30.7 Å². The first-order chi connectivity index (χ1) is 10.2. The molecule has 0 aromatic carbocycles. The number of hydrogen-bond donors (Lipinski definition) is 1. The van der Waals surface area contributed by atoms with Crippen molar-refractivity contribution in [3.05, 3.63) is 15.6 Å². The molecule has 1 amide bonds. The van der Waals surface area contributed by atoms with Crippen molar-refractivity contribution >= 4 is 42.1 Å². The molecule has 4 nitrogen and oxygen atoms in total. The molecular weight excluding hydrogens is 353 g/mol. The summed E-state index contributed by atoms with van der Waals surface area (Å²) in [5.74, 6) is 0.904. The van der Waals surface area contributed by atoms with Gasteiger partial charge in [-0.3, -0.25) is 4.79 Å². The summed E-state index contributed by atoms with van der Waals surface area (Å²) in [4.78, 5) is 20.0. The third-order valence-electron chi connectivity index (χ3n) is 4.08. The number of amides is 1. The van der Waals surface area contributed by atoms with E-state index in [1.807, 2.05) is 11.8 Å². The van der Waals surface area contributed by atoms with Crippen LogP contribution in [-0.2, 0) is 6.42 Å². The molecule has 2 rings (SSSR count). The highest BCUT2D eigenvalue weighted by Gasteiger charge is 2.26. The number of halogens is 2. The summed E-state index contributed by atoms with van der Waals surface area (Å²) >= 11 is 1.59. The maximum Gasteiger partial charge on any atom is 0.265 e. The number of carbonyl (C=O) groups is 1. The third-order valence-corrected chi connectivity index (χ3v) is 5.29. The van der Waals surface area contributed by atoms with E-state index in [9.17, 15) is 4.79 Å². The zero-order chi connectivity index (χ0) is 15.2. The Balaban J connectivity index is 0.00000242. The molecule has 0 saturated carbocycles. The van der Waals surface area contributed by atoms with Gasteiger partial charge in [0.05, 0.1) is 10.7 Å². The molecule has 0 unspecified atom stereocenters. The SMILES string of the molecule is CCCc1nc(C)c(C(=O)N2CCC(CNCC)CC2)s1.Cl.Cl. The van der Waals surface area contributed by atoms with Crippen LogP contribution in [0.5, 0.6) is 0 Å². The van der Waals surface area contributed by atoms with Gasteiger partial charge in [-0.15, -0.1) is 36.2 Å². The van der Waals surface area contributed by atoms with Crippen molar-refractivity contribution in [2.75, 3.05) is 26.2 Å². The molecule has 1 aromatic heterocycles. The van der Waals surface area contributed by atoms with Gasteiger partial charge in [-0.1, -0.05) is 13.8 Å². The average Bonchev–Trinajstić information content (AvgIpc) is 2.86. The monoisotopic (exact) mass is 381 g/mol. The number of nitrogens with one attached hydrogen (secondary N) is 1. The third kappa shape index (κ3) is 6.22. The van der Waals surface area contributed by atoms with Gasteiger partial charge >= 0.3 is 0 Å². The first-order valence-corrected chi connectivity index (χ1v) is 8.93. The van der Waals surface area contributed by atoms with Crippen LogP contribution < -0.4 is 5.32 Å². The van der Waals surface area contributed by atoms with E-state index in [0.717, 1.165) is 67.4 Å². The molecular formula is C16H29Cl2N3OS. The van der Waals surface area contributed by atoms with E-state index in [1.165, 1.54) is 0 Å². The van der Waals surface area contributed by atoms with Crippen LogP contribution in [0, 0.1) is 12.8 Å². The van der Waals surface area contributed by atoms with Gasteiger partial charge in [0.25, 0.3) is 5.91 Å². The first-order valence-electron chi connectivity index (χ1n) is 8.12. The van der Waals surface area contributed by atoms with E-state index in [0.29, 0.717) is 5.92 Å². The fraction of sp³-hybridized carbons (Fsp3) is 0.750. The summed E-state index contributed by atoms with van der Waals surface area (Å²) in [5, 5.41) is 4.51.